The van der Waals surface area contributed by atoms with E-state index in [1.165, 1.54) is 11.1 Å². The molecule has 2 heterocycles. The Hall–Kier alpha value is -2.43. The topological polar surface area (TPSA) is 55.6 Å². The number of rotatable bonds is 3. The Morgan fingerprint density at radius 1 is 1.20 bits per heavy atom. The molecule has 5 heteroatoms. The third kappa shape index (κ3) is 2.11. The van der Waals surface area contributed by atoms with Crippen LogP contribution in [-0.2, 0) is 7.05 Å². The molecule has 1 aromatic carbocycles. The minimum absolute atomic E-state index is 0.175. The maximum Gasteiger partial charge on any atom is 0.163 e. The van der Waals surface area contributed by atoms with Gasteiger partial charge in [0.1, 0.15) is 12.1 Å². The van der Waals surface area contributed by atoms with E-state index in [0.717, 1.165) is 16.9 Å². The van der Waals surface area contributed by atoms with Crippen molar-refractivity contribution in [2.24, 2.45) is 7.05 Å². The molecule has 0 saturated carbocycles. The van der Waals surface area contributed by atoms with Gasteiger partial charge in [0.2, 0.25) is 0 Å². The summed E-state index contributed by atoms with van der Waals surface area (Å²) in [6, 6.07) is 8.53. The number of benzene rings is 1. The van der Waals surface area contributed by atoms with Gasteiger partial charge >= 0.3 is 0 Å². The minimum Gasteiger partial charge on any atom is -0.363 e. The number of aryl methyl sites for hydroxylation is 2. The molecule has 20 heavy (non-hydrogen) atoms. The van der Waals surface area contributed by atoms with E-state index in [4.69, 9.17) is 0 Å². The normalized spacial score (nSPS) is 12.6. The van der Waals surface area contributed by atoms with Crippen molar-refractivity contribution in [3.63, 3.8) is 0 Å². The van der Waals surface area contributed by atoms with E-state index < -0.39 is 0 Å². The smallest absolute Gasteiger partial charge is 0.163 e. The lowest BCUT2D eigenvalue weighted by atomic mass is 10.0. The highest BCUT2D eigenvalue weighted by molar-refractivity contribution is 5.86. The summed E-state index contributed by atoms with van der Waals surface area (Å²) in [4.78, 5) is 8.59. The standard InChI is InChI=1S/C15H17N5/c1-10-6-4-5-7-12(10)11(2)19-14-13-8-18-20(3)15(13)17-9-16-14/h4-9,11H,1-3H3,(H,16,17,19)/t11-/m0/s1. The van der Waals surface area contributed by atoms with E-state index in [1.54, 1.807) is 17.2 Å². The summed E-state index contributed by atoms with van der Waals surface area (Å²) in [6.07, 6.45) is 3.36. The predicted octanol–water partition coefficient (Wildman–Crippen LogP) is 2.84. The molecule has 3 rings (SSSR count). The van der Waals surface area contributed by atoms with Gasteiger partial charge in [0.05, 0.1) is 17.6 Å². The van der Waals surface area contributed by atoms with Crippen molar-refractivity contribution >= 4 is 16.9 Å². The first kappa shape index (κ1) is 12.6. The summed E-state index contributed by atoms with van der Waals surface area (Å²) in [5.74, 6) is 0.818. The van der Waals surface area contributed by atoms with Crippen molar-refractivity contribution in [3.8, 4) is 0 Å². The Morgan fingerprint density at radius 3 is 2.80 bits per heavy atom. The molecule has 102 valence electrons. The summed E-state index contributed by atoms with van der Waals surface area (Å²) in [5.41, 5.74) is 3.37. The molecule has 0 fully saturated rings. The fourth-order valence-electron chi connectivity index (χ4n) is 2.43. The largest absolute Gasteiger partial charge is 0.363 e. The Bertz CT molecular complexity index is 747. The van der Waals surface area contributed by atoms with Gasteiger partial charge in [0.25, 0.3) is 0 Å². The molecule has 0 radical (unpaired) electrons. The molecule has 1 atom stereocenters. The first-order valence-electron chi connectivity index (χ1n) is 6.61. The molecule has 0 spiro atoms. The monoisotopic (exact) mass is 267 g/mol. The zero-order chi connectivity index (χ0) is 14.1. The number of nitrogens with zero attached hydrogens (tertiary/aromatic N) is 4. The van der Waals surface area contributed by atoms with Gasteiger partial charge in [0, 0.05) is 7.05 Å². The van der Waals surface area contributed by atoms with Crippen LogP contribution in [-0.4, -0.2) is 19.7 Å². The molecule has 0 unspecified atom stereocenters. The van der Waals surface area contributed by atoms with Gasteiger partial charge in [-0.25, -0.2) is 9.97 Å². The molecular weight excluding hydrogens is 250 g/mol. The van der Waals surface area contributed by atoms with E-state index in [1.807, 2.05) is 7.05 Å². The van der Waals surface area contributed by atoms with Gasteiger partial charge in [-0.3, -0.25) is 4.68 Å². The summed E-state index contributed by atoms with van der Waals surface area (Å²) in [5, 5.41) is 8.62. The van der Waals surface area contributed by atoms with E-state index in [0.29, 0.717) is 0 Å². The Morgan fingerprint density at radius 2 is 2.00 bits per heavy atom. The highest BCUT2D eigenvalue weighted by Gasteiger charge is 2.12. The van der Waals surface area contributed by atoms with E-state index >= 15 is 0 Å². The van der Waals surface area contributed by atoms with Gasteiger partial charge in [-0.2, -0.15) is 5.10 Å². The van der Waals surface area contributed by atoms with Crippen molar-refractivity contribution in [2.75, 3.05) is 5.32 Å². The van der Waals surface area contributed by atoms with Crippen LogP contribution in [0.1, 0.15) is 24.1 Å². The molecule has 3 aromatic rings. The highest BCUT2D eigenvalue weighted by atomic mass is 15.3. The van der Waals surface area contributed by atoms with Gasteiger partial charge in [-0.15, -0.1) is 0 Å². The van der Waals surface area contributed by atoms with E-state index in [2.05, 4.69) is 58.5 Å². The minimum atomic E-state index is 0.175. The van der Waals surface area contributed by atoms with Crippen molar-refractivity contribution in [2.45, 2.75) is 19.9 Å². The van der Waals surface area contributed by atoms with Gasteiger partial charge in [-0.05, 0) is 25.0 Å². The van der Waals surface area contributed by atoms with Crippen LogP contribution in [0.15, 0.2) is 36.8 Å². The first-order chi connectivity index (χ1) is 9.66. The van der Waals surface area contributed by atoms with E-state index in [-0.39, 0.29) is 6.04 Å². The van der Waals surface area contributed by atoms with Crippen molar-refractivity contribution in [3.05, 3.63) is 47.9 Å². The number of hydrogen-bond donors (Lipinski definition) is 1. The zero-order valence-electron chi connectivity index (χ0n) is 11.8. The lowest BCUT2D eigenvalue weighted by Gasteiger charge is -2.17. The highest BCUT2D eigenvalue weighted by Crippen LogP contribution is 2.24. The summed E-state index contributed by atoms with van der Waals surface area (Å²) < 4.78 is 1.75. The van der Waals surface area contributed by atoms with Crippen LogP contribution in [0, 0.1) is 6.92 Å². The molecular formula is C15H17N5. The molecule has 2 aromatic heterocycles. The molecule has 1 N–H and O–H groups in total. The third-order valence-electron chi connectivity index (χ3n) is 3.54. The predicted molar refractivity (Wildman–Crippen MR) is 79.5 cm³/mol. The Balaban J connectivity index is 1.95. The molecule has 5 nitrogen and oxygen atoms in total. The quantitative estimate of drug-likeness (QED) is 0.792. The van der Waals surface area contributed by atoms with Crippen LogP contribution in [0.5, 0.6) is 0 Å². The second-order valence-corrected chi connectivity index (χ2v) is 4.95. The Kier molecular flexibility index (Phi) is 3.10. The average Bonchev–Trinajstić information content (AvgIpc) is 2.82. The van der Waals surface area contributed by atoms with Crippen LogP contribution < -0.4 is 5.32 Å². The van der Waals surface area contributed by atoms with Crippen LogP contribution in [0.2, 0.25) is 0 Å². The molecule has 0 saturated heterocycles. The second-order valence-electron chi connectivity index (χ2n) is 4.95. The number of fused-ring (bicyclic) bond motifs is 1. The number of anilines is 1. The average molecular weight is 267 g/mol. The maximum absolute atomic E-state index is 4.34. The Labute approximate surface area is 117 Å². The SMILES string of the molecule is Cc1ccccc1[C@H](C)Nc1ncnc2c1cnn2C. The van der Waals surface area contributed by atoms with E-state index in [9.17, 15) is 0 Å². The van der Waals surface area contributed by atoms with Crippen LogP contribution in [0.4, 0.5) is 5.82 Å². The molecule has 0 bridgehead atoms. The number of nitrogens with one attached hydrogen (secondary N) is 1. The maximum atomic E-state index is 4.34. The lowest BCUT2D eigenvalue weighted by Crippen LogP contribution is -2.09. The van der Waals surface area contributed by atoms with Gasteiger partial charge in [0.15, 0.2) is 5.65 Å². The number of hydrogen-bond acceptors (Lipinski definition) is 4. The summed E-state index contributed by atoms with van der Waals surface area (Å²) in [6.45, 7) is 4.25. The molecule has 0 aliphatic heterocycles. The van der Waals surface area contributed by atoms with Crippen molar-refractivity contribution in [1.29, 1.82) is 0 Å². The second kappa shape index (κ2) is 4.92. The van der Waals surface area contributed by atoms with Crippen LogP contribution >= 0.6 is 0 Å². The fourth-order valence-corrected chi connectivity index (χ4v) is 2.43. The fraction of sp³-hybridized carbons (Fsp3) is 0.267. The first-order valence-corrected chi connectivity index (χ1v) is 6.61. The zero-order valence-corrected chi connectivity index (χ0v) is 11.8. The lowest BCUT2D eigenvalue weighted by molar-refractivity contribution is 0.785. The van der Waals surface area contributed by atoms with Crippen molar-refractivity contribution < 1.29 is 0 Å². The van der Waals surface area contributed by atoms with Crippen LogP contribution in [0.25, 0.3) is 11.0 Å². The van der Waals surface area contributed by atoms with Gasteiger partial charge in [-0.1, -0.05) is 24.3 Å². The summed E-state index contributed by atoms with van der Waals surface area (Å²) in [7, 11) is 1.88. The third-order valence-corrected chi connectivity index (χ3v) is 3.54. The van der Waals surface area contributed by atoms with Crippen molar-refractivity contribution in [1.82, 2.24) is 19.7 Å². The summed E-state index contributed by atoms with van der Waals surface area (Å²) >= 11 is 0. The van der Waals surface area contributed by atoms with Gasteiger partial charge < -0.3 is 5.32 Å². The number of aromatic nitrogens is 4. The van der Waals surface area contributed by atoms with Crippen LogP contribution in [0.3, 0.4) is 0 Å². The molecule has 0 aliphatic rings. The molecule has 0 amide bonds. The molecule has 0 aliphatic carbocycles.